The molecule has 0 spiro atoms. The molecule has 0 atom stereocenters. The Morgan fingerprint density at radius 1 is 0.857 bits per heavy atom. The lowest BCUT2D eigenvalue weighted by Gasteiger charge is -2.05. The van der Waals surface area contributed by atoms with E-state index in [1.54, 1.807) is 61.7 Å². The van der Waals surface area contributed by atoms with Gasteiger partial charge in [-0.15, -0.1) is 0 Å². The summed E-state index contributed by atoms with van der Waals surface area (Å²) in [5.41, 5.74) is 1.75. The molecule has 0 N–H and O–H groups in total. The van der Waals surface area contributed by atoms with Crippen molar-refractivity contribution in [3.63, 3.8) is 0 Å². The van der Waals surface area contributed by atoms with Crippen molar-refractivity contribution in [2.75, 3.05) is 7.11 Å². The quantitative estimate of drug-likeness (QED) is 0.242. The Balaban J connectivity index is 1.64. The highest BCUT2D eigenvalue weighted by Crippen LogP contribution is 2.17. The predicted molar refractivity (Wildman–Crippen MR) is 109 cm³/mol. The Morgan fingerprint density at radius 3 is 2.21 bits per heavy atom. The maximum absolute atomic E-state index is 12.3. The fraction of sp³-hybridized carbons (Fsp3) is 0.0435. The molecule has 0 bridgehead atoms. The molecule has 0 aliphatic heterocycles. The number of methoxy groups -OCH3 is 1. The minimum absolute atomic E-state index is 0.154. The molecule has 3 rings (SSSR count). The average Bonchev–Trinajstić information content (AvgIpc) is 2.73. The number of ether oxygens (including phenoxy) is 2. The molecule has 0 radical (unpaired) electrons. The normalized spacial score (nSPS) is 10.6. The number of halogens is 1. The summed E-state index contributed by atoms with van der Waals surface area (Å²) in [6, 6.07) is 20.2. The summed E-state index contributed by atoms with van der Waals surface area (Å²) in [7, 11) is 1.59. The first kappa shape index (κ1) is 19.4. The van der Waals surface area contributed by atoms with E-state index in [0.29, 0.717) is 21.9 Å². The second-order valence-electron chi connectivity index (χ2n) is 5.89. The number of ketones is 1. The minimum atomic E-state index is -0.492. The van der Waals surface area contributed by atoms with Crippen LogP contribution in [0.3, 0.4) is 0 Å². The molecule has 140 valence electrons. The molecule has 0 fully saturated rings. The molecule has 0 aliphatic carbocycles. The molecule has 5 heteroatoms. The van der Waals surface area contributed by atoms with Crippen LogP contribution in [0.2, 0.25) is 5.02 Å². The third kappa shape index (κ3) is 5.09. The van der Waals surface area contributed by atoms with Crippen LogP contribution in [0.15, 0.2) is 78.9 Å². The maximum Gasteiger partial charge on any atom is 0.343 e. The van der Waals surface area contributed by atoms with Crippen LogP contribution < -0.4 is 9.47 Å². The topological polar surface area (TPSA) is 52.6 Å². The molecule has 0 unspecified atom stereocenters. The van der Waals surface area contributed by atoms with Gasteiger partial charge in [-0.3, -0.25) is 4.79 Å². The number of allylic oxidation sites excluding steroid dienone is 1. The van der Waals surface area contributed by atoms with Crippen molar-refractivity contribution in [1.29, 1.82) is 0 Å². The van der Waals surface area contributed by atoms with E-state index in [9.17, 15) is 9.59 Å². The van der Waals surface area contributed by atoms with Gasteiger partial charge in [-0.25, -0.2) is 4.79 Å². The van der Waals surface area contributed by atoms with Gasteiger partial charge in [-0.1, -0.05) is 29.8 Å². The van der Waals surface area contributed by atoms with Gasteiger partial charge in [0.2, 0.25) is 0 Å². The molecule has 3 aromatic rings. The molecule has 3 aromatic carbocycles. The van der Waals surface area contributed by atoms with E-state index in [-0.39, 0.29) is 5.78 Å². The molecule has 0 amide bonds. The van der Waals surface area contributed by atoms with Crippen LogP contribution in [0, 0.1) is 0 Å². The SMILES string of the molecule is COc1cccc(C=CC(=O)c2ccc(OC(=O)c3ccc(Cl)cc3)cc2)c1. The largest absolute Gasteiger partial charge is 0.497 e. The van der Waals surface area contributed by atoms with Crippen molar-refractivity contribution in [1.82, 2.24) is 0 Å². The van der Waals surface area contributed by atoms with Crippen LogP contribution in [0.4, 0.5) is 0 Å². The number of esters is 1. The lowest BCUT2D eigenvalue weighted by atomic mass is 10.1. The highest BCUT2D eigenvalue weighted by molar-refractivity contribution is 6.30. The van der Waals surface area contributed by atoms with Crippen molar-refractivity contribution in [2.45, 2.75) is 0 Å². The molecule has 0 aromatic heterocycles. The summed E-state index contributed by atoms with van der Waals surface area (Å²) in [6.45, 7) is 0. The van der Waals surface area contributed by atoms with Crippen LogP contribution >= 0.6 is 11.6 Å². The maximum atomic E-state index is 12.3. The van der Waals surface area contributed by atoms with E-state index in [0.717, 1.165) is 11.3 Å². The van der Waals surface area contributed by atoms with Gasteiger partial charge in [0.1, 0.15) is 11.5 Å². The molecule has 4 nitrogen and oxygen atoms in total. The number of benzene rings is 3. The van der Waals surface area contributed by atoms with E-state index < -0.39 is 5.97 Å². The van der Waals surface area contributed by atoms with Gasteiger partial charge < -0.3 is 9.47 Å². The highest BCUT2D eigenvalue weighted by Gasteiger charge is 2.09. The van der Waals surface area contributed by atoms with Gasteiger partial charge in [-0.05, 0) is 72.3 Å². The Morgan fingerprint density at radius 2 is 1.54 bits per heavy atom. The number of hydrogen-bond acceptors (Lipinski definition) is 4. The zero-order valence-corrected chi connectivity index (χ0v) is 15.8. The fourth-order valence-corrected chi connectivity index (χ4v) is 2.58. The smallest absolute Gasteiger partial charge is 0.343 e. The second kappa shape index (κ2) is 9.02. The zero-order chi connectivity index (χ0) is 19.9. The van der Waals surface area contributed by atoms with Crippen LogP contribution in [0.25, 0.3) is 6.08 Å². The van der Waals surface area contributed by atoms with E-state index in [2.05, 4.69) is 0 Å². The first-order chi connectivity index (χ1) is 13.5. The van der Waals surface area contributed by atoms with Crippen molar-refractivity contribution >= 4 is 29.4 Å². The number of rotatable bonds is 6. The monoisotopic (exact) mass is 392 g/mol. The summed E-state index contributed by atoms with van der Waals surface area (Å²) in [4.78, 5) is 24.4. The van der Waals surface area contributed by atoms with Gasteiger partial charge in [-0.2, -0.15) is 0 Å². The Kier molecular flexibility index (Phi) is 6.25. The molecular weight excluding hydrogens is 376 g/mol. The molecule has 0 saturated carbocycles. The molecule has 0 heterocycles. The molecule has 0 aliphatic rings. The minimum Gasteiger partial charge on any atom is -0.497 e. The summed E-state index contributed by atoms with van der Waals surface area (Å²) >= 11 is 5.81. The van der Waals surface area contributed by atoms with E-state index >= 15 is 0 Å². The van der Waals surface area contributed by atoms with Gasteiger partial charge in [0.25, 0.3) is 0 Å². The standard InChI is InChI=1S/C23H17ClO4/c1-27-21-4-2-3-16(15-21)5-14-22(25)17-8-12-20(13-9-17)28-23(26)18-6-10-19(24)11-7-18/h2-15H,1H3. The second-order valence-corrected chi connectivity index (χ2v) is 6.33. The van der Waals surface area contributed by atoms with Crippen LogP contribution in [0.1, 0.15) is 26.3 Å². The van der Waals surface area contributed by atoms with Crippen LogP contribution in [-0.2, 0) is 0 Å². The third-order valence-electron chi connectivity index (χ3n) is 3.95. The molecule has 28 heavy (non-hydrogen) atoms. The first-order valence-corrected chi connectivity index (χ1v) is 8.87. The number of carbonyl (C=O) groups excluding carboxylic acids is 2. The number of carbonyl (C=O) groups is 2. The van der Waals surface area contributed by atoms with E-state index in [1.165, 1.54) is 6.08 Å². The Bertz CT molecular complexity index is 1010. The van der Waals surface area contributed by atoms with Gasteiger partial charge >= 0.3 is 5.97 Å². The summed E-state index contributed by atoms with van der Waals surface area (Å²) < 4.78 is 10.5. The van der Waals surface area contributed by atoms with Crippen molar-refractivity contribution in [2.24, 2.45) is 0 Å². The Labute approximate surface area is 168 Å². The van der Waals surface area contributed by atoms with Gasteiger partial charge in [0, 0.05) is 10.6 Å². The summed E-state index contributed by atoms with van der Waals surface area (Å²) in [5, 5.41) is 0.543. The van der Waals surface area contributed by atoms with Gasteiger partial charge in [0.05, 0.1) is 12.7 Å². The van der Waals surface area contributed by atoms with Crippen molar-refractivity contribution < 1.29 is 19.1 Å². The van der Waals surface area contributed by atoms with Gasteiger partial charge in [0.15, 0.2) is 5.78 Å². The molecular formula is C23H17ClO4. The predicted octanol–water partition coefficient (Wildman–Crippen LogP) is 5.46. The lowest BCUT2D eigenvalue weighted by Crippen LogP contribution is -2.08. The van der Waals surface area contributed by atoms with Crippen molar-refractivity contribution in [3.05, 3.63) is 101 Å². The van der Waals surface area contributed by atoms with E-state index in [1.807, 2.05) is 24.3 Å². The Hall–Kier alpha value is -3.37. The lowest BCUT2D eigenvalue weighted by molar-refractivity contribution is 0.0734. The van der Waals surface area contributed by atoms with Crippen molar-refractivity contribution in [3.8, 4) is 11.5 Å². The number of hydrogen-bond donors (Lipinski definition) is 0. The van der Waals surface area contributed by atoms with Crippen LogP contribution in [0.5, 0.6) is 11.5 Å². The van der Waals surface area contributed by atoms with E-state index in [4.69, 9.17) is 21.1 Å². The van der Waals surface area contributed by atoms with Crippen LogP contribution in [-0.4, -0.2) is 18.9 Å². The average molecular weight is 393 g/mol. The summed E-state index contributed by atoms with van der Waals surface area (Å²) in [6.07, 6.45) is 3.21. The fourth-order valence-electron chi connectivity index (χ4n) is 2.45. The molecule has 0 saturated heterocycles. The first-order valence-electron chi connectivity index (χ1n) is 8.49. The summed E-state index contributed by atoms with van der Waals surface area (Å²) in [5.74, 6) is 0.432. The third-order valence-corrected chi connectivity index (χ3v) is 4.20. The zero-order valence-electron chi connectivity index (χ0n) is 15.1. The highest BCUT2D eigenvalue weighted by atomic mass is 35.5.